The van der Waals surface area contributed by atoms with Crippen molar-refractivity contribution in [3.05, 3.63) is 29.8 Å². The second-order valence-corrected chi connectivity index (χ2v) is 4.12. The molecule has 86 valence electrons. The van der Waals surface area contributed by atoms with Gasteiger partial charge in [0.2, 0.25) is 0 Å². The second-order valence-electron chi connectivity index (χ2n) is 4.12. The minimum atomic E-state index is 0.0809. The molecular weight excluding hydrogens is 202 g/mol. The number of Topliss-reactive ketones (excluding diaryl/α,β-unsaturated/α-hetero) is 1. The van der Waals surface area contributed by atoms with E-state index in [1.54, 1.807) is 7.05 Å². The number of rotatable bonds is 5. The first-order valence-corrected chi connectivity index (χ1v) is 5.74. The first-order valence-electron chi connectivity index (χ1n) is 5.74. The minimum Gasteiger partial charge on any atom is -0.490 e. The molecule has 0 heterocycles. The number of ether oxygens (including phenoxy) is 1. The molecule has 1 N–H and O–H groups in total. The van der Waals surface area contributed by atoms with E-state index >= 15 is 0 Å². The van der Waals surface area contributed by atoms with Gasteiger partial charge in [-0.15, -0.1) is 0 Å². The number of nitrogens with one attached hydrogen (secondary N) is 1. The largest absolute Gasteiger partial charge is 0.490 e. The van der Waals surface area contributed by atoms with Gasteiger partial charge in [-0.2, -0.15) is 0 Å². The molecule has 0 saturated heterocycles. The van der Waals surface area contributed by atoms with Crippen molar-refractivity contribution in [2.45, 2.75) is 25.4 Å². The van der Waals surface area contributed by atoms with E-state index in [1.807, 2.05) is 24.3 Å². The molecule has 1 aliphatic carbocycles. The van der Waals surface area contributed by atoms with Crippen molar-refractivity contribution in [1.82, 2.24) is 5.32 Å². The van der Waals surface area contributed by atoms with Crippen molar-refractivity contribution in [1.29, 1.82) is 0 Å². The van der Waals surface area contributed by atoms with Crippen molar-refractivity contribution in [3.63, 3.8) is 0 Å². The number of carbonyl (C=O) groups is 1. The molecule has 1 aromatic carbocycles. The summed E-state index contributed by atoms with van der Waals surface area (Å²) in [5, 5.41) is 2.87. The highest BCUT2D eigenvalue weighted by Gasteiger charge is 2.21. The molecule has 3 nitrogen and oxygen atoms in total. The number of hydrogen-bond donors (Lipinski definition) is 1. The van der Waals surface area contributed by atoms with Gasteiger partial charge in [-0.3, -0.25) is 4.79 Å². The smallest absolute Gasteiger partial charge is 0.180 e. The van der Waals surface area contributed by atoms with Crippen LogP contribution in [0.25, 0.3) is 0 Å². The number of hydrogen-bond acceptors (Lipinski definition) is 3. The van der Waals surface area contributed by atoms with Crippen molar-refractivity contribution in [3.8, 4) is 5.75 Å². The van der Waals surface area contributed by atoms with Crippen LogP contribution in [0.15, 0.2) is 24.3 Å². The summed E-state index contributed by atoms with van der Waals surface area (Å²) in [7, 11) is 1.77. The van der Waals surface area contributed by atoms with Crippen LogP contribution in [0.5, 0.6) is 5.75 Å². The predicted octanol–water partition coefficient (Wildman–Crippen LogP) is 2.02. The Balaban J connectivity index is 2.12. The maximum absolute atomic E-state index is 11.8. The summed E-state index contributed by atoms with van der Waals surface area (Å²) >= 11 is 0. The Hall–Kier alpha value is -1.35. The minimum absolute atomic E-state index is 0.0809. The summed E-state index contributed by atoms with van der Waals surface area (Å²) in [6.45, 7) is 0.352. The summed E-state index contributed by atoms with van der Waals surface area (Å²) in [5.74, 6) is 0.810. The molecule has 16 heavy (non-hydrogen) atoms. The van der Waals surface area contributed by atoms with E-state index in [2.05, 4.69) is 5.32 Å². The lowest BCUT2D eigenvalue weighted by Gasteiger charge is -2.27. The van der Waals surface area contributed by atoms with Gasteiger partial charge in [-0.1, -0.05) is 12.1 Å². The van der Waals surface area contributed by atoms with E-state index in [0.717, 1.165) is 18.6 Å². The first kappa shape index (κ1) is 11.1. The van der Waals surface area contributed by atoms with Gasteiger partial charge < -0.3 is 10.1 Å². The molecule has 0 bridgehead atoms. The SMILES string of the molecule is CNCC(=O)c1ccccc1OC1CCC1. The summed E-state index contributed by atoms with van der Waals surface area (Å²) in [5.41, 5.74) is 0.684. The summed E-state index contributed by atoms with van der Waals surface area (Å²) < 4.78 is 5.80. The Morgan fingerprint density at radius 2 is 2.19 bits per heavy atom. The molecule has 0 spiro atoms. The van der Waals surface area contributed by atoms with Crippen molar-refractivity contribution in [2.24, 2.45) is 0 Å². The topological polar surface area (TPSA) is 38.3 Å². The van der Waals surface area contributed by atoms with E-state index in [0.29, 0.717) is 18.2 Å². The van der Waals surface area contributed by atoms with Crippen LogP contribution in [0.2, 0.25) is 0 Å². The highest BCUT2D eigenvalue weighted by atomic mass is 16.5. The molecular formula is C13H17NO2. The van der Waals surface area contributed by atoms with Crippen LogP contribution in [-0.4, -0.2) is 25.5 Å². The van der Waals surface area contributed by atoms with Gasteiger partial charge in [0.05, 0.1) is 18.2 Å². The van der Waals surface area contributed by atoms with Gasteiger partial charge >= 0.3 is 0 Å². The molecule has 0 amide bonds. The molecule has 1 aliphatic rings. The first-order chi connectivity index (χ1) is 7.81. The van der Waals surface area contributed by atoms with Crippen LogP contribution < -0.4 is 10.1 Å². The lowest BCUT2D eigenvalue weighted by Crippen LogP contribution is -2.26. The third-order valence-corrected chi connectivity index (χ3v) is 2.87. The fourth-order valence-electron chi connectivity index (χ4n) is 1.72. The maximum Gasteiger partial charge on any atom is 0.180 e. The van der Waals surface area contributed by atoms with Gasteiger partial charge in [0.25, 0.3) is 0 Å². The monoisotopic (exact) mass is 219 g/mol. The molecule has 2 rings (SSSR count). The fourth-order valence-corrected chi connectivity index (χ4v) is 1.72. The van der Waals surface area contributed by atoms with Gasteiger partial charge in [0, 0.05) is 0 Å². The van der Waals surface area contributed by atoms with E-state index in [1.165, 1.54) is 6.42 Å². The summed E-state index contributed by atoms with van der Waals surface area (Å²) in [4.78, 5) is 11.8. The Morgan fingerprint density at radius 1 is 1.44 bits per heavy atom. The zero-order valence-electron chi connectivity index (χ0n) is 9.53. The normalized spacial score (nSPS) is 15.6. The van der Waals surface area contributed by atoms with Gasteiger partial charge in [0.1, 0.15) is 5.75 Å². The molecule has 0 radical (unpaired) electrons. The Labute approximate surface area is 95.8 Å². The zero-order valence-corrected chi connectivity index (χ0v) is 9.53. The fraction of sp³-hybridized carbons (Fsp3) is 0.462. The van der Waals surface area contributed by atoms with Crippen molar-refractivity contribution >= 4 is 5.78 Å². The maximum atomic E-state index is 11.8. The van der Waals surface area contributed by atoms with Crippen molar-refractivity contribution in [2.75, 3.05) is 13.6 Å². The van der Waals surface area contributed by atoms with Crippen LogP contribution >= 0.6 is 0 Å². The Morgan fingerprint density at radius 3 is 2.81 bits per heavy atom. The summed E-state index contributed by atoms with van der Waals surface area (Å²) in [6, 6.07) is 7.48. The lowest BCUT2D eigenvalue weighted by molar-refractivity contribution is 0.0965. The molecule has 0 atom stereocenters. The lowest BCUT2D eigenvalue weighted by atomic mass is 9.96. The number of benzene rings is 1. The summed E-state index contributed by atoms with van der Waals surface area (Å²) in [6.07, 6.45) is 3.75. The van der Waals surface area contributed by atoms with Crippen LogP contribution in [-0.2, 0) is 0 Å². The van der Waals surface area contributed by atoms with Gasteiger partial charge in [-0.05, 0) is 38.4 Å². The van der Waals surface area contributed by atoms with E-state index in [9.17, 15) is 4.79 Å². The Kier molecular flexibility index (Phi) is 3.57. The third-order valence-electron chi connectivity index (χ3n) is 2.87. The molecule has 0 aromatic heterocycles. The molecule has 1 aromatic rings. The van der Waals surface area contributed by atoms with Crippen LogP contribution in [0.1, 0.15) is 29.6 Å². The van der Waals surface area contributed by atoms with Crippen LogP contribution in [0, 0.1) is 0 Å². The van der Waals surface area contributed by atoms with E-state index in [4.69, 9.17) is 4.74 Å². The zero-order chi connectivity index (χ0) is 11.4. The van der Waals surface area contributed by atoms with Crippen LogP contribution in [0.4, 0.5) is 0 Å². The number of ketones is 1. The third kappa shape index (κ3) is 2.42. The highest BCUT2D eigenvalue weighted by molar-refractivity contribution is 6.00. The molecule has 0 aliphatic heterocycles. The number of para-hydroxylation sites is 1. The number of carbonyl (C=O) groups excluding carboxylic acids is 1. The average molecular weight is 219 g/mol. The molecule has 3 heteroatoms. The van der Waals surface area contributed by atoms with E-state index in [-0.39, 0.29) is 5.78 Å². The number of likely N-dealkylation sites (N-methyl/N-ethyl adjacent to an activating group) is 1. The van der Waals surface area contributed by atoms with Gasteiger partial charge in [0.15, 0.2) is 5.78 Å². The highest BCUT2D eigenvalue weighted by Crippen LogP contribution is 2.27. The van der Waals surface area contributed by atoms with E-state index < -0.39 is 0 Å². The Bertz CT molecular complexity index is 372. The standard InChI is InChI=1S/C13H17NO2/c1-14-9-12(15)11-7-2-3-8-13(11)16-10-5-4-6-10/h2-3,7-8,10,14H,4-6,9H2,1H3. The molecule has 1 fully saturated rings. The molecule has 1 saturated carbocycles. The molecule has 0 unspecified atom stereocenters. The quantitative estimate of drug-likeness (QED) is 0.770. The average Bonchev–Trinajstić information content (AvgIpc) is 2.24. The van der Waals surface area contributed by atoms with Crippen LogP contribution in [0.3, 0.4) is 0 Å². The predicted molar refractivity (Wildman–Crippen MR) is 63.0 cm³/mol. The van der Waals surface area contributed by atoms with Gasteiger partial charge in [-0.25, -0.2) is 0 Å². The second kappa shape index (κ2) is 5.12. The van der Waals surface area contributed by atoms with Crippen molar-refractivity contribution < 1.29 is 9.53 Å².